The lowest BCUT2D eigenvalue weighted by atomic mass is 9.98. The molecular formula is C33H29F3O4. The molecule has 0 amide bonds. The van der Waals surface area contributed by atoms with Crippen molar-refractivity contribution in [2.75, 3.05) is 13.2 Å². The second kappa shape index (κ2) is 13.5. The molecule has 4 aromatic carbocycles. The molecule has 0 saturated carbocycles. The number of carbonyl (C=O) groups excluding carboxylic acids is 1. The van der Waals surface area contributed by atoms with Gasteiger partial charge in [-0.05, 0) is 60.4 Å². The molecule has 206 valence electrons. The van der Waals surface area contributed by atoms with Gasteiger partial charge in [0.2, 0.25) is 0 Å². The lowest BCUT2D eigenvalue weighted by molar-refractivity contribution is 0.0734. The van der Waals surface area contributed by atoms with Crippen molar-refractivity contribution in [1.82, 2.24) is 0 Å². The van der Waals surface area contributed by atoms with E-state index >= 15 is 8.78 Å². The van der Waals surface area contributed by atoms with Crippen molar-refractivity contribution < 1.29 is 32.2 Å². The van der Waals surface area contributed by atoms with Crippen molar-refractivity contribution >= 4 is 5.97 Å². The van der Waals surface area contributed by atoms with Crippen LogP contribution in [0.1, 0.15) is 36.5 Å². The normalized spacial score (nSPS) is 10.7. The molecule has 0 fully saturated rings. The number of hydrogen-bond acceptors (Lipinski definition) is 4. The molecule has 0 atom stereocenters. The zero-order valence-electron chi connectivity index (χ0n) is 22.1. The molecule has 0 radical (unpaired) electrons. The Labute approximate surface area is 231 Å². The number of halogens is 3. The maximum Gasteiger partial charge on any atom is 0.343 e. The predicted molar refractivity (Wildman–Crippen MR) is 149 cm³/mol. The smallest absolute Gasteiger partial charge is 0.343 e. The minimum atomic E-state index is -0.998. The molecule has 4 aromatic rings. The van der Waals surface area contributed by atoms with Crippen LogP contribution in [0.15, 0.2) is 91.5 Å². The van der Waals surface area contributed by atoms with Gasteiger partial charge in [0.25, 0.3) is 0 Å². The number of ether oxygens (including phenoxy) is 3. The van der Waals surface area contributed by atoms with Crippen molar-refractivity contribution in [3.63, 3.8) is 0 Å². The third kappa shape index (κ3) is 6.91. The molecule has 0 bridgehead atoms. The summed E-state index contributed by atoms with van der Waals surface area (Å²) in [5, 5.41) is 0. The fourth-order valence-electron chi connectivity index (χ4n) is 3.93. The number of esters is 1. The van der Waals surface area contributed by atoms with E-state index < -0.39 is 23.4 Å². The largest absolute Gasteiger partial charge is 0.494 e. The molecule has 0 aliphatic carbocycles. The first kappa shape index (κ1) is 28.5. The van der Waals surface area contributed by atoms with Crippen LogP contribution >= 0.6 is 0 Å². The summed E-state index contributed by atoms with van der Waals surface area (Å²) in [6, 6.07) is 19.6. The van der Waals surface area contributed by atoms with Gasteiger partial charge in [-0.25, -0.2) is 18.0 Å². The maximum absolute atomic E-state index is 15.1. The van der Waals surface area contributed by atoms with Gasteiger partial charge in [0.05, 0.1) is 18.8 Å². The molecule has 0 aliphatic heterocycles. The minimum absolute atomic E-state index is 0.00639. The fourth-order valence-corrected chi connectivity index (χ4v) is 3.93. The Balaban J connectivity index is 1.44. The van der Waals surface area contributed by atoms with Crippen LogP contribution in [0.25, 0.3) is 22.3 Å². The van der Waals surface area contributed by atoms with Gasteiger partial charge in [-0.1, -0.05) is 55.8 Å². The average Bonchev–Trinajstić information content (AvgIpc) is 2.96. The van der Waals surface area contributed by atoms with E-state index in [0.717, 1.165) is 18.9 Å². The minimum Gasteiger partial charge on any atom is -0.494 e. The maximum atomic E-state index is 15.1. The average molecular weight is 547 g/mol. The van der Waals surface area contributed by atoms with Crippen LogP contribution in [0.5, 0.6) is 17.2 Å². The molecule has 0 unspecified atom stereocenters. The Bertz CT molecular complexity index is 1460. The van der Waals surface area contributed by atoms with E-state index in [1.165, 1.54) is 48.5 Å². The summed E-state index contributed by atoms with van der Waals surface area (Å²) in [4.78, 5) is 12.6. The Kier molecular flexibility index (Phi) is 9.62. The van der Waals surface area contributed by atoms with Gasteiger partial charge < -0.3 is 14.2 Å². The van der Waals surface area contributed by atoms with Gasteiger partial charge in [0.15, 0.2) is 23.2 Å². The number of unbranched alkanes of at least 4 members (excludes halogenated alkanes) is 1. The first-order chi connectivity index (χ1) is 19.4. The summed E-state index contributed by atoms with van der Waals surface area (Å²) >= 11 is 0. The highest BCUT2D eigenvalue weighted by Gasteiger charge is 2.17. The standard InChI is InChI=1S/C33H29F3O4/c1-3-5-19-38-25-13-11-23(12-14-25)28-17-16-27(31(35)32(28)36)22-7-9-24(10-8-22)33(37)40-26-15-18-30(29(34)21-26)39-20-6-4-2/h4,7-18,21H,2-3,5-6,19-20H2,1H3. The monoisotopic (exact) mass is 546 g/mol. The molecule has 0 heterocycles. The van der Waals surface area contributed by atoms with Crippen molar-refractivity contribution in [2.45, 2.75) is 26.2 Å². The Morgan fingerprint density at radius 1 is 0.775 bits per heavy atom. The number of rotatable bonds is 12. The van der Waals surface area contributed by atoms with E-state index in [0.29, 0.717) is 29.9 Å². The molecule has 0 aromatic heterocycles. The summed E-state index contributed by atoms with van der Waals surface area (Å²) in [7, 11) is 0. The lowest BCUT2D eigenvalue weighted by Gasteiger charge is -2.11. The third-order valence-electron chi connectivity index (χ3n) is 6.14. The van der Waals surface area contributed by atoms with Crippen LogP contribution in [0.3, 0.4) is 0 Å². The second-order valence-electron chi connectivity index (χ2n) is 9.00. The zero-order valence-corrected chi connectivity index (χ0v) is 22.1. The lowest BCUT2D eigenvalue weighted by Crippen LogP contribution is -2.08. The van der Waals surface area contributed by atoms with E-state index in [9.17, 15) is 9.18 Å². The molecule has 0 N–H and O–H groups in total. The van der Waals surface area contributed by atoms with Crippen LogP contribution in [0.4, 0.5) is 13.2 Å². The van der Waals surface area contributed by atoms with E-state index in [2.05, 4.69) is 13.5 Å². The molecule has 0 aliphatic rings. The van der Waals surface area contributed by atoms with E-state index in [1.54, 1.807) is 30.3 Å². The van der Waals surface area contributed by atoms with E-state index in [4.69, 9.17) is 14.2 Å². The zero-order chi connectivity index (χ0) is 28.5. The molecule has 7 heteroatoms. The van der Waals surface area contributed by atoms with Gasteiger partial charge in [0.1, 0.15) is 11.5 Å². The summed E-state index contributed by atoms with van der Waals surface area (Å²) in [6.45, 7) is 6.53. The highest BCUT2D eigenvalue weighted by Crippen LogP contribution is 2.32. The van der Waals surface area contributed by atoms with E-state index in [1.807, 2.05) is 0 Å². The quantitative estimate of drug-likeness (QED) is 0.0771. The van der Waals surface area contributed by atoms with Crippen molar-refractivity contribution in [2.24, 2.45) is 0 Å². The Morgan fingerprint density at radius 3 is 1.95 bits per heavy atom. The topological polar surface area (TPSA) is 44.8 Å². The van der Waals surface area contributed by atoms with Gasteiger partial charge >= 0.3 is 5.97 Å². The summed E-state index contributed by atoms with van der Waals surface area (Å²) in [5.74, 6) is -2.64. The fraction of sp³-hybridized carbons (Fsp3) is 0.182. The van der Waals surface area contributed by atoms with Crippen LogP contribution in [-0.2, 0) is 0 Å². The first-order valence-electron chi connectivity index (χ1n) is 13.0. The predicted octanol–water partition coefficient (Wildman–Crippen LogP) is 8.79. The Morgan fingerprint density at radius 2 is 1.38 bits per heavy atom. The van der Waals surface area contributed by atoms with Crippen molar-refractivity contribution in [3.05, 3.63) is 115 Å². The van der Waals surface area contributed by atoms with Crippen LogP contribution in [-0.4, -0.2) is 19.2 Å². The summed E-state index contributed by atoms with van der Waals surface area (Å²) < 4.78 is 60.6. The van der Waals surface area contributed by atoms with Crippen molar-refractivity contribution in [1.29, 1.82) is 0 Å². The SMILES string of the molecule is C=CCCOc1ccc(OC(=O)c2ccc(-c3ccc(-c4ccc(OCCCC)cc4)c(F)c3F)cc2)cc1F. The van der Waals surface area contributed by atoms with Crippen LogP contribution < -0.4 is 14.2 Å². The molecule has 0 saturated heterocycles. The summed E-state index contributed by atoms with van der Waals surface area (Å²) in [6.07, 6.45) is 4.18. The van der Waals surface area contributed by atoms with Gasteiger partial charge in [0, 0.05) is 17.2 Å². The molecule has 0 spiro atoms. The highest BCUT2D eigenvalue weighted by atomic mass is 19.2. The highest BCUT2D eigenvalue weighted by molar-refractivity contribution is 5.91. The van der Waals surface area contributed by atoms with Crippen molar-refractivity contribution in [3.8, 4) is 39.5 Å². The second-order valence-corrected chi connectivity index (χ2v) is 9.00. The number of benzene rings is 4. The molecular weight excluding hydrogens is 517 g/mol. The van der Waals surface area contributed by atoms with Gasteiger partial charge in [-0.3, -0.25) is 0 Å². The van der Waals surface area contributed by atoms with Gasteiger partial charge in [-0.2, -0.15) is 0 Å². The van der Waals surface area contributed by atoms with Crippen LogP contribution in [0, 0.1) is 17.5 Å². The molecule has 40 heavy (non-hydrogen) atoms. The van der Waals surface area contributed by atoms with Crippen LogP contribution in [0.2, 0.25) is 0 Å². The molecule has 4 rings (SSSR count). The van der Waals surface area contributed by atoms with E-state index in [-0.39, 0.29) is 34.8 Å². The van der Waals surface area contributed by atoms with Gasteiger partial charge in [-0.15, -0.1) is 6.58 Å². The first-order valence-corrected chi connectivity index (χ1v) is 13.0. The number of carbonyl (C=O) groups is 1. The number of hydrogen-bond donors (Lipinski definition) is 0. The molecule has 4 nitrogen and oxygen atoms in total. The summed E-state index contributed by atoms with van der Waals surface area (Å²) in [5.41, 5.74) is 1.25. The third-order valence-corrected chi connectivity index (χ3v) is 6.14. The Hall–Kier alpha value is -4.52.